The molecule has 1 N–H and O–H groups in total. The van der Waals surface area contributed by atoms with Gasteiger partial charge >= 0.3 is 0 Å². The van der Waals surface area contributed by atoms with Crippen LogP contribution >= 0.6 is 15.9 Å². The van der Waals surface area contributed by atoms with Crippen LogP contribution in [0.2, 0.25) is 0 Å². The molecule has 0 radical (unpaired) electrons. The number of ether oxygens (including phenoxy) is 2. The van der Waals surface area contributed by atoms with Gasteiger partial charge in [0.05, 0.1) is 24.2 Å². The summed E-state index contributed by atoms with van der Waals surface area (Å²) < 4.78 is 13.7. The summed E-state index contributed by atoms with van der Waals surface area (Å²) in [7, 11) is 1.53. The molecule has 0 aliphatic heterocycles. The first-order chi connectivity index (χ1) is 19.7. The molecule has 0 saturated heterocycles. The van der Waals surface area contributed by atoms with Gasteiger partial charge in [-0.05, 0) is 67.3 Å². The smallest absolute Gasteiger partial charge is 0.282 e. The molecule has 1 amide bonds. The number of para-hydroxylation sites is 1. The normalized spacial score (nSPS) is 11.9. The number of rotatable bonds is 11. The highest BCUT2D eigenvalue weighted by Crippen LogP contribution is 2.33. The predicted octanol–water partition coefficient (Wildman–Crippen LogP) is 6.62. The zero-order chi connectivity index (χ0) is 29.5. The van der Waals surface area contributed by atoms with Gasteiger partial charge in [0.1, 0.15) is 5.82 Å². The van der Waals surface area contributed by atoms with Crippen molar-refractivity contribution < 1.29 is 14.3 Å². The number of amides is 1. The van der Waals surface area contributed by atoms with Gasteiger partial charge in [-0.2, -0.15) is 9.78 Å². The van der Waals surface area contributed by atoms with E-state index in [9.17, 15) is 9.59 Å². The molecule has 41 heavy (non-hydrogen) atoms. The Morgan fingerprint density at radius 1 is 1.22 bits per heavy atom. The molecule has 0 unspecified atom stereocenters. The van der Waals surface area contributed by atoms with Crippen molar-refractivity contribution in [2.24, 2.45) is 5.10 Å². The van der Waals surface area contributed by atoms with E-state index in [0.29, 0.717) is 40.2 Å². The number of nitrogens with one attached hydrogen (secondary N) is 1. The summed E-state index contributed by atoms with van der Waals surface area (Å²) in [5.41, 5.74) is 3.52. The number of aryl methyl sites for hydroxylation is 1. The average molecular weight is 618 g/mol. The average Bonchev–Trinajstić information content (AvgIpc) is 2.97. The first-order valence-corrected chi connectivity index (χ1v) is 14.1. The maximum absolute atomic E-state index is 13.5. The molecular formula is C32H33BrN4O4. The molecule has 0 aliphatic carbocycles. The zero-order valence-electron chi connectivity index (χ0n) is 23.6. The number of aromatic nitrogens is 2. The van der Waals surface area contributed by atoms with E-state index < -0.39 is 0 Å². The van der Waals surface area contributed by atoms with E-state index in [1.54, 1.807) is 24.4 Å². The molecule has 0 spiro atoms. The quantitative estimate of drug-likeness (QED) is 0.151. The first-order valence-electron chi connectivity index (χ1n) is 13.3. The van der Waals surface area contributed by atoms with Crippen molar-refractivity contribution in [1.82, 2.24) is 9.66 Å². The molecule has 4 aromatic rings. The minimum absolute atomic E-state index is 0.0142. The molecule has 212 valence electrons. The molecule has 0 aliphatic rings. The van der Waals surface area contributed by atoms with Crippen molar-refractivity contribution in [1.29, 1.82) is 0 Å². The third-order valence-electron chi connectivity index (χ3n) is 6.71. The van der Waals surface area contributed by atoms with E-state index in [2.05, 4.69) is 32.9 Å². The largest absolute Gasteiger partial charge is 0.493 e. The summed E-state index contributed by atoms with van der Waals surface area (Å²) in [5, 5.41) is 7.92. The number of allylic oxidation sites excluding steroid dienone is 1. The fourth-order valence-corrected chi connectivity index (χ4v) is 4.68. The minimum atomic E-state index is -0.288. The second-order valence-corrected chi connectivity index (χ2v) is 10.6. The lowest BCUT2D eigenvalue weighted by Crippen LogP contribution is -2.23. The van der Waals surface area contributed by atoms with E-state index in [1.807, 2.05) is 63.2 Å². The molecule has 9 heteroatoms. The van der Waals surface area contributed by atoms with Gasteiger partial charge in [0.25, 0.3) is 11.5 Å². The Kier molecular flexibility index (Phi) is 9.73. The number of benzene rings is 3. The number of carbonyl (C=O) groups excluding carboxylic acids is 1. The van der Waals surface area contributed by atoms with Crippen LogP contribution in [0.4, 0.5) is 5.69 Å². The highest BCUT2D eigenvalue weighted by Gasteiger charge is 2.17. The topological polar surface area (TPSA) is 94.8 Å². The van der Waals surface area contributed by atoms with Crippen LogP contribution in [0.5, 0.6) is 11.5 Å². The van der Waals surface area contributed by atoms with Crippen LogP contribution in [-0.4, -0.2) is 35.5 Å². The lowest BCUT2D eigenvalue weighted by molar-refractivity contribution is -0.118. The van der Waals surface area contributed by atoms with E-state index in [4.69, 9.17) is 14.5 Å². The molecule has 1 atom stereocenters. The van der Waals surface area contributed by atoms with Crippen LogP contribution in [0.3, 0.4) is 0 Å². The van der Waals surface area contributed by atoms with Crippen molar-refractivity contribution in [3.05, 3.63) is 105 Å². The molecule has 3 aromatic carbocycles. The van der Waals surface area contributed by atoms with Crippen LogP contribution in [0, 0.1) is 6.92 Å². The first kappa shape index (κ1) is 29.7. The molecule has 1 aromatic heterocycles. The maximum Gasteiger partial charge on any atom is 0.282 e. The lowest BCUT2D eigenvalue weighted by Gasteiger charge is -2.16. The number of hydrogen-bond donors (Lipinski definition) is 1. The summed E-state index contributed by atoms with van der Waals surface area (Å²) in [6.07, 6.45) is 4.61. The summed E-state index contributed by atoms with van der Waals surface area (Å²) >= 11 is 3.44. The van der Waals surface area contributed by atoms with E-state index in [0.717, 1.165) is 27.7 Å². The third-order valence-corrected chi connectivity index (χ3v) is 7.21. The molecule has 4 rings (SSSR count). The number of nitrogens with zero attached hydrogens (tertiary/aromatic N) is 3. The van der Waals surface area contributed by atoms with Crippen molar-refractivity contribution in [2.45, 2.75) is 39.5 Å². The molecular weight excluding hydrogens is 584 g/mol. The molecule has 1 heterocycles. The summed E-state index contributed by atoms with van der Waals surface area (Å²) in [4.78, 5) is 30.9. The zero-order valence-corrected chi connectivity index (χ0v) is 25.2. The summed E-state index contributed by atoms with van der Waals surface area (Å²) in [6, 6.07) is 16.6. The van der Waals surface area contributed by atoms with Gasteiger partial charge in [-0.3, -0.25) is 9.59 Å². The van der Waals surface area contributed by atoms with Gasteiger partial charge in [-0.25, -0.2) is 4.98 Å². The van der Waals surface area contributed by atoms with Crippen molar-refractivity contribution >= 4 is 44.6 Å². The van der Waals surface area contributed by atoms with Gasteiger partial charge in [0.15, 0.2) is 18.1 Å². The van der Waals surface area contributed by atoms with Crippen LogP contribution in [-0.2, 0) is 11.2 Å². The van der Waals surface area contributed by atoms with E-state index in [-0.39, 0.29) is 24.0 Å². The fourth-order valence-electron chi connectivity index (χ4n) is 4.32. The second-order valence-electron chi connectivity index (χ2n) is 9.66. The molecule has 0 fully saturated rings. The third kappa shape index (κ3) is 6.92. The number of anilines is 1. The predicted molar refractivity (Wildman–Crippen MR) is 168 cm³/mol. The number of methoxy groups -OCH3 is 1. The Balaban J connectivity index is 1.67. The Labute approximate surface area is 247 Å². The van der Waals surface area contributed by atoms with Gasteiger partial charge in [-0.1, -0.05) is 54.1 Å². The number of halogens is 1. The molecule has 0 bridgehead atoms. The van der Waals surface area contributed by atoms with Crippen LogP contribution in [0.25, 0.3) is 10.9 Å². The van der Waals surface area contributed by atoms with Crippen molar-refractivity contribution in [3.8, 4) is 11.5 Å². The van der Waals surface area contributed by atoms with Crippen LogP contribution in [0.1, 0.15) is 48.7 Å². The van der Waals surface area contributed by atoms with Gasteiger partial charge in [0.2, 0.25) is 0 Å². The number of fused-ring (bicyclic) bond motifs is 1. The van der Waals surface area contributed by atoms with Crippen LogP contribution in [0.15, 0.2) is 81.6 Å². The van der Waals surface area contributed by atoms with Gasteiger partial charge in [0, 0.05) is 21.6 Å². The molecule has 0 saturated carbocycles. The maximum atomic E-state index is 13.5. The van der Waals surface area contributed by atoms with Crippen LogP contribution < -0.4 is 20.3 Å². The Morgan fingerprint density at radius 2 is 2.00 bits per heavy atom. The van der Waals surface area contributed by atoms with E-state index >= 15 is 0 Å². The Hall–Kier alpha value is -4.24. The summed E-state index contributed by atoms with van der Waals surface area (Å²) in [5.74, 6) is 1.19. The monoisotopic (exact) mass is 616 g/mol. The fraction of sp³-hybridized carbons (Fsp3) is 0.250. The molecule has 8 nitrogen and oxygen atoms in total. The van der Waals surface area contributed by atoms with E-state index in [1.165, 1.54) is 11.8 Å². The standard InChI is InChI=1S/C32H33BrN4O4/c1-6-10-23-15-22(16-28(40-5)30(23)41-19-29(38)35-26-12-9-8-11-21(26)4)18-34-37-31(20(3)7-2)36-27-14-13-24(33)17-25(27)32(37)39/h6,8-9,11-18,20H,1,7,10,19H2,2-5H3,(H,35,38)/t20-/m0/s1. The lowest BCUT2D eigenvalue weighted by atomic mass is 10.1. The number of hydrogen-bond acceptors (Lipinski definition) is 6. The highest BCUT2D eigenvalue weighted by atomic mass is 79.9. The minimum Gasteiger partial charge on any atom is -0.493 e. The Morgan fingerprint density at radius 3 is 2.71 bits per heavy atom. The second kappa shape index (κ2) is 13.4. The highest BCUT2D eigenvalue weighted by molar-refractivity contribution is 9.10. The Bertz CT molecular complexity index is 1680. The summed E-state index contributed by atoms with van der Waals surface area (Å²) in [6.45, 7) is 9.65. The van der Waals surface area contributed by atoms with Crippen molar-refractivity contribution in [3.63, 3.8) is 0 Å². The van der Waals surface area contributed by atoms with Gasteiger partial charge < -0.3 is 14.8 Å². The number of carbonyl (C=O) groups is 1. The van der Waals surface area contributed by atoms with Crippen molar-refractivity contribution in [2.75, 3.05) is 19.0 Å². The van der Waals surface area contributed by atoms with Gasteiger partial charge in [-0.15, -0.1) is 6.58 Å². The SMILES string of the molecule is C=CCc1cc(C=Nn2c([C@@H](C)CC)nc3ccc(Br)cc3c2=O)cc(OC)c1OCC(=O)Nc1ccccc1C.